The smallest absolute Gasteiger partial charge is 0.254 e. The van der Waals surface area contributed by atoms with Gasteiger partial charge >= 0.3 is 0 Å². The van der Waals surface area contributed by atoms with E-state index in [-0.39, 0.29) is 18.2 Å². The minimum atomic E-state index is -0.241. The van der Waals surface area contributed by atoms with Crippen molar-refractivity contribution in [1.29, 1.82) is 0 Å². The number of benzene rings is 1. The van der Waals surface area contributed by atoms with Crippen molar-refractivity contribution < 1.29 is 19.1 Å². The van der Waals surface area contributed by atoms with Gasteiger partial charge in [-0.2, -0.15) is 0 Å². The highest BCUT2D eigenvalue weighted by atomic mass is 16.5. The molecule has 1 heterocycles. The van der Waals surface area contributed by atoms with E-state index in [1.54, 1.807) is 37.6 Å². The number of carbonyl (C=O) groups excluding carboxylic acids is 2. The molecule has 2 aromatic rings. The molecule has 0 saturated carbocycles. The molecule has 0 N–H and O–H groups in total. The maximum absolute atomic E-state index is 12.4. The van der Waals surface area contributed by atoms with Crippen molar-refractivity contribution in [2.45, 2.75) is 20.5 Å². The molecule has 0 fully saturated rings. The molecule has 0 spiro atoms. The van der Waals surface area contributed by atoms with Gasteiger partial charge in [0.05, 0.1) is 13.2 Å². The molecule has 0 unspecified atom stereocenters. The third kappa shape index (κ3) is 5.31. The Kier molecular flexibility index (Phi) is 6.51. The second-order valence-electron chi connectivity index (χ2n) is 5.61. The van der Waals surface area contributed by atoms with Crippen LogP contribution in [0.4, 0.5) is 0 Å². The highest BCUT2D eigenvalue weighted by Gasteiger charge is 2.16. The van der Waals surface area contributed by atoms with Gasteiger partial charge in [0.25, 0.3) is 5.91 Å². The molecule has 6 heteroatoms. The van der Waals surface area contributed by atoms with Gasteiger partial charge in [-0.1, -0.05) is 6.07 Å². The number of pyridine rings is 1. The number of carbonyl (C=O) groups is 2. The number of aromatic nitrogens is 1. The zero-order valence-electron chi connectivity index (χ0n) is 14.7. The molecule has 1 aromatic heterocycles. The van der Waals surface area contributed by atoms with Crippen LogP contribution >= 0.6 is 0 Å². The number of ether oxygens (including phenoxy) is 2. The predicted molar refractivity (Wildman–Crippen MR) is 93.8 cm³/mol. The van der Waals surface area contributed by atoms with E-state index in [1.807, 2.05) is 19.1 Å². The van der Waals surface area contributed by atoms with Gasteiger partial charge in [0.15, 0.2) is 11.5 Å². The summed E-state index contributed by atoms with van der Waals surface area (Å²) in [5.74, 6) is 0.734. The van der Waals surface area contributed by atoms with Crippen LogP contribution in [0.1, 0.15) is 29.8 Å². The SMILES string of the molecule is CCOc1cc(C(=O)N(C)CC(C)=O)ccc1OCc1cccnc1. The Morgan fingerprint density at radius 3 is 2.60 bits per heavy atom. The minimum Gasteiger partial charge on any atom is -0.490 e. The quantitative estimate of drug-likeness (QED) is 0.738. The van der Waals surface area contributed by atoms with E-state index in [2.05, 4.69) is 4.98 Å². The number of hydrogen-bond acceptors (Lipinski definition) is 5. The standard InChI is InChI=1S/C19H22N2O4/c1-4-24-18-10-16(19(23)21(3)12-14(2)22)7-8-17(18)25-13-15-6-5-9-20-11-15/h5-11H,4,12-13H2,1-3H3. The van der Waals surface area contributed by atoms with E-state index < -0.39 is 0 Å². The van der Waals surface area contributed by atoms with Crippen LogP contribution in [-0.4, -0.2) is 41.8 Å². The van der Waals surface area contributed by atoms with Crippen LogP contribution < -0.4 is 9.47 Å². The van der Waals surface area contributed by atoms with Gasteiger partial charge in [-0.25, -0.2) is 0 Å². The Balaban J connectivity index is 2.16. The lowest BCUT2D eigenvalue weighted by molar-refractivity contribution is -0.117. The van der Waals surface area contributed by atoms with Crippen molar-refractivity contribution in [1.82, 2.24) is 9.88 Å². The van der Waals surface area contributed by atoms with Crippen molar-refractivity contribution in [3.8, 4) is 11.5 Å². The van der Waals surface area contributed by atoms with Crippen LogP contribution in [0.15, 0.2) is 42.7 Å². The van der Waals surface area contributed by atoms with Crippen molar-refractivity contribution in [3.05, 3.63) is 53.9 Å². The molecule has 0 aliphatic rings. The van der Waals surface area contributed by atoms with Crippen molar-refractivity contribution in [2.24, 2.45) is 0 Å². The molecule has 0 aliphatic heterocycles. The maximum atomic E-state index is 12.4. The largest absolute Gasteiger partial charge is 0.490 e. The van der Waals surface area contributed by atoms with Crippen LogP contribution in [0.3, 0.4) is 0 Å². The highest BCUT2D eigenvalue weighted by Crippen LogP contribution is 2.29. The summed E-state index contributed by atoms with van der Waals surface area (Å²) in [6.07, 6.45) is 3.43. The molecule has 1 amide bonds. The number of Topliss-reactive ketones (excluding diaryl/α,β-unsaturated/α-hetero) is 1. The molecular formula is C19H22N2O4. The monoisotopic (exact) mass is 342 g/mol. The normalized spacial score (nSPS) is 10.2. The van der Waals surface area contributed by atoms with Crippen molar-refractivity contribution >= 4 is 11.7 Å². The molecular weight excluding hydrogens is 320 g/mol. The molecule has 1 aromatic carbocycles. The molecule has 0 bridgehead atoms. The molecule has 132 valence electrons. The number of amides is 1. The van der Waals surface area contributed by atoms with E-state index >= 15 is 0 Å². The Morgan fingerprint density at radius 2 is 1.96 bits per heavy atom. The summed E-state index contributed by atoms with van der Waals surface area (Å²) in [6, 6.07) is 8.77. The second kappa shape index (κ2) is 8.82. The third-order valence-electron chi connectivity index (χ3n) is 3.41. The minimum absolute atomic E-state index is 0.0715. The summed E-state index contributed by atoms with van der Waals surface area (Å²) in [4.78, 5) is 29.0. The highest BCUT2D eigenvalue weighted by molar-refractivity contribution is 5.96. The number of rotatable bonds is 8. The van der Waals surface area contributed by atoms with Gasteiger partial charge in [0.2, 0.25) is 0 Å². The summed E-state index contributed by atoms with van der Waals surface area (Å²) >= 11 is 0. The first-order valence-electron chi connectivity index (χ1n) is 8.04. The average molecular weight is 342 g/mol. The Labute approximate surface area is 147 Å². The van der Waals surface area contributed by atoms with E-state index in [0.29, 0.717) is 30.3 Å². The first-order chi connectivity index (χ1) is 12.0. The second-order valence-corrected chi connectivity index (χ2v) is 5.61. The van der Waals surface area contributed by atoms with Crippen LogP contribution in [0.5, 0.6) is 11.5 Å². The lowest BCUT2D eigenvalue weighted by Gasteiger charge is -2.17. The Hall–Kier alpha value is -2.89. The van der Waals surface area contributed by atoms with Gasteiger partial charge in [0.1, 0.15) is 12.4 Å². The molecule has 0 aliphatic carbocycles. The Bertz CT molecular complexity index is 731. The van der Waals surface area contributed by atoms with E-state index in [0.717, 1.165) is 5.56 Å². The fourth-order valence-electron chi connectivity index (χ4n) is 2.30. The number of ketones is 1. The van der Waals surface area contributed by atoms with Crippen LogP contribution in [0.25, 0.3) is 0 Å². The first kappa shape index (κ1) is 18.4. The predicted octanol–water partition coefficient (Wildman–Crippen LogP) is 2.72. The number of hydrogen-bond donors (Lipinski definition) is 0. The number of likely N-dealkylation sites (N-methyl/N-ethyl adjacent to an activating group) is 1. The fraction of sp³-hybridized carbons (Fsp3) is 0.316. The zero-order chi connectivity index (χ0) is 18.2. The fourth-order valence-corrected chi connectivity index (χ4v) is 2.30. The van der Waals surface area contributed by atoms with Crippen molar-refractivity contribution in [3.63, 3.8) is 0 Å². The lowest BCUT2D eigenvalue weighted by atomic mass is 10.1. The maximum Gasteiger partial charge on any atom is 0.254 e. The van der Waals surface area contributed by atoms with Gasteiger partial charge in [-0.3, -0.25) is 14.6 Å². The van der Waals surface area contributed by atoms with E-state index in [1.165, 1.54) is 11.8 Å². The molecule has 0 saturated heterocycles. The van der Waals surface area contributed by atoms with Crippen LogP contribution in [0.2, 0.25) is 0 Å². The van der Waals surface area contributed by atoms with Crippen LogP contribution in [0, 0.1) is 0 Å². The molecule has 25 heavy (non-hydrogen) atoms. The third-order valence-corrected chi connectivity index (χ3v) is 3.41. The van der Waals surface area contributed by atoms with Gasteiger partial charge < -0.3 is 14.4 Å². The Morgan fingerprint density at radius 1 is 1.16 bits per heavy atom. The molecule has 0 radical (unpaired) electrons. The summed E-state index contributed by atoms with van der Waals surface area (Å²) in [5.41, 5.74) is 1.38. The lowest BCUT2D eigenvalue weighted by Crippen LogP contribution is -2.31. The van der Waals surface area contributed by atoms with E-state index in [4.69, 9.17) is 9.47 Å². The number of nitrogens with zero attached hydrogens (tertiary/aromatic N) is 2. The summed E-state index contributed by atoms with van der Waals surface area (Å²) in [5, 5.41) is 0. The summed E-state index contributed by atoms with van der Waals surface area (Å²) < 4.78 is 11.4. The molecule has 2 rings (SSSR count). The van der Waals surface area contributed by atoms with Gasteiger partial charge in [-0.15, -0.1) is 0 Å². The molecule has 6 nitrogen and oxygen atoms in total. The van der Waals surface area contributed by atoms with Crippen molar-refractivity contribution in [2.75, 3.05) is 20.2 Å². The van der Waals surface area contributed by atoms with Crippen LogP contribution in [-0.2, 0) is 11.4 Å². The average Bonchev–Trinajstić information content (AvgIpc) is 2.60. The summed E-state index contributed by atoms with van der Waals surface area (Å²) in [6.45, 7) is 4.18. The topological polar surface area (TPSA) is 68.7 Å². The van der Waals surface area contributed by atoms with Gasteiger partial charge in [0, 0.05) is 30.6 Å². The summed E-state index contributed by atoms with van der Waals surface area (Å²) in [7, 11) is 1.59. The first-order valence-corrected chi connectivity index (χ1v) is 8.04. The zero-order valence-corrected chi connectivity index (χ0v) is 14.7. The van der Waals surface area contributed by atoms with E-state index in [9.17, 15) is 9.59 Å². The molecule has 0 atom stereocenters. The van der Waals surface area contributed by atoms with Gasteiger partial charge in [-0.05, 0) is 38.1 Å².